The topological polar surface area (TPSA) is 79.7 Å². The van der Waals surface area contributed by atoms with E-state index in [2.05, 4.69) is 20.5 Å². The van der Waals surface area contributed by atoms with Crippen LogP contribution >= 0.6 is 11.6 Å². The van der Waals surface area contributed by atoms with Crippen LogP contribution in [0.1, 0.15) is 37.2 Å². The van der Waals surface area contributed by atoms with Crippen LogP contribution in [0.4, 0.5) is 13.2 Å². The van der Waals surface area contributed by atoms with Gasteiger partial charge in [-0.05, 0) is 19.8 Å². The van der Waals surface area contributed by atoms with Gasteiger partial charge in [0.25, 0.3) is 5.91 Å². The van der Waals surface area contributed by atoms with Crippen LogP contribution in [-0.2, 0) is 11.2 Å². The maximum absolute atomic E-state index is 13.2. The van der Waals surface area contributed by atoms with E-state index < -0.39 is 28.7 Å². The highest BCUT2D eigenvalue weighted by atomic mass is 35.5. The number of aromatic amines is 1. The maximum Gasteiger partial charge on any atom is 0.414 e. The van der Waals surface area contributed by atoms with Gasteiger partial charge in [0, 0.05) is 19.0 Å². The summed E-state index contributed by atoms with van der Waals surface area (Å²) in [6.45, 7) is 2.09. The molecule has 0 spiro atoms. The van der Waals surface area contributed by atoms with Gasteiger partial charge in [0.2, 0.25) is 0 Å². The SMILES string of the molecule is C[C@@H]1c2nnn(-c3ccn[nH]3)c2CCN1C(=O)C1=CCCC(C(F)(F)F)=C1Cl. The first kappa shape index (κ1) is 18.7. The summed E-state index contributed by atoms with van der Waals surface area (Å²) in [7, 11) is 0. The zero-order chi connectivity index (χ0) is 20.1. The molecule has 2 aromatic heterocycles. The number of nitrogens with one attached hydrogen (secondary N) is 1. The van der Waals surface area contributed by atoms with Crippen LogP contribution in [0, 0.1) is 0 Å². The summed E-state index contributed by atoms with van der Waals surface area (Å²) >= 11 is 5.97. The molecule has 148 valence electrons. The van der Waals surface area contributed by atoms with Gasteiger partial charge in [0.05, 0.1) is 34.1 Å². The monoisotopic (exact) mass is 412 g/mol. The molecule has 2 aromatic rings. The molecule has 0 saturated carbocycles. The van der Waals surface area contributed by atoms with E-state index in [4.69, 9.17) is 11.6 Å². The minimum atomic E-state index is -4.55. The van der Waals surface area contributed by atoms with E-state index in [1.165, 1.54) is 11.0 Å². The van der Waals surface area contributed by atoms with E-state index in [0.29, 0.717) is 24.5 Å². The van der Waals surface area contributed by atoms with Crippen LogP contribution in [0.15, 0.2) is 34.5 Å². The smallest absolute Gasteiger partial charge is 0.330 e. The number of H-pyrrole nitrogens is 1. The third-order valence-electron chi connectivity index (χ3n) is 5.04. The highest BCUT2D eigenvalue weighted by Crippen LogP contribution is 2.40. The van der Waals surface area contributed by atoms with Crippen LogP contribution in [0.5, 0.6) is 0 Å². The van der Waals surface area contributed by atoms with Gasteiger partial charge in [0.1, 0.15) is 5.69 Å². The number of halogens is 4. The Morgan fingerprint density at radius 3 is 2.82 bits per heavy atom. The molecule has 1 aliphatic heterocycles. The number of hydrogen-bond acceptors (Lipinski definition) is 4. The lowest BCUT2D eigenvalue weighted by atomic mass is 9.96. The molecular weight excluding hydrogens is 397 g/mol. The predicted molar refractivity (Wildman–Crippen MR) is 93.6 cm³/mol. The van der Waals surface area contributed by atoms with Crippen molar-refractivity contribution in [3.63, 3.8) is 0 Å². The number of rotatable bonds is 2. The standard InChI is InChI=1S/C17H16ClF3N6O/c1-9-15-12(27(25-24-15)13-5-7-22-23-13)6-8-26(9)16(28)10-3-2-4-11(14(10)18)17(19,20)21/h3,5,7,9H,2,4,6,8H2,1H3,(H,22,23)/t9-/m1/s1. The van der Waals surface area contributed by atoms with Gasteiger partial charge in [-0.15, -0.1) is 5.10 Å². The lowest BCUT2D eigenvalue weighted by Crippen LogP contribution is -2.40. The molecule has 1 N–H and O–H groups in total. The second-order valence-corrected chi connectivity index (χ2v) is 7.02. The normalized spacial score (nSPS) is 20.2. The van der Waals surface area contributed by atoms with Crippen LogP contribution < -0.4 is 0 Å². The summed E-state index contributed by atoms with van der Waals surface area (Å²) < 4.78 is 41.1. The number of nitrogens with zero attached hydrogens (tertiary/aromatic N) is 5. The fourth-order valence-electron chi connectivity index (χ4n) is 3.60. The minimum absolute atomic E-state index is 0.100. The van der Waals surface area contributed by atoms with E-state index in [1.807, 2.05) is 0 Å². The van der Waals surface area contributed by atoms with Crippen molar-refractivity contribution in [3.8, 4) is 5.82 Å². The lowest BCUT2D eigenvalue weighted by molar-refractivity contribution is -0.129. The van der Waals surface area contributed by atoms with Gasteiger partial charge in [-0.1, -0.05) is 22.9 Å². The molecular formula is C17H16ClF3N6O. The van der Waals surface area contributed by atoms with Crippen molar-refractivity contribution in [2.75, 3.05) is 6.54 Å². The average molecular weight is 413 g/mol. The van der Waals surface area contributed by atoms with Crippen molar-refractivity contribution in [1.29, 1.82) is 0 Å². The summed E-state index contributed by atoms with van der Waals surface area (Å²) in [5, 5.41) is 14.5. The summed E-state index contributed by atoms with van der Waals surface area (Å²) in [5.74, 6) is 0.122. The van der Waals surface area contributed by atoms with Gasteiger partial charge >= 0.3 is 6.18 Å². The Kier molecular flexibility index (Phi) is 4.53. The first-order chi connectivity index (χ1) is 13.3. The molecule has 7 nitrogen and oxygen atoms in total. The molecule has 28 heavy (non-hydrogen) atoms. The highest BCUT2D eigenvalue weighted by Gasteiger charge is 2.40. The summed E-state index contributed by atoms with van der Waals surface area (Å²) in [6.07, 6.45) is -1.13. The van der Waals surface area contributed by atoms with Crippen LogP contribution in [-0.4, -0.2) is 48.7 Å². The van der Waals surface area contributed by atoms with Gasteiger partial charge in [0.15, 0.2) is 5.82 Å². The number of carbonyl (C=O) groups is 1. The number of fused-ring (bicyclic) bond motifs is 1. The average Bonchev–Trinajstić information content (AvgIpc) is 3.30. The first-order valence-corrected chi connectivity index (χ1v) is 9.08. The number of alkyl halides is 3. The predicted octanol–water partition coefficient (Wildman–Crippen LogP) is 3.21. The van der Waals surface area contributed by atoms with Gasteiger partial charge in [-0.3, -0.25) is 9.89 Å². The lowest BCUT2D eigenvalue weighted by Gasteiger charge is -2.34. The van der Waals surface area contributed by atoms with Gasteiger partial charge < -0.3 is 4.90 Å². The first-order valence-electron chi connectivity index (χ1n) is 8.70. The molecule has 11 heteroatoms. The van der Waals surface area contributed by atoms with Crippen molar-refractivity contribution < 1.29 is 18.0 Å². The molecule has 1 atom stereocenters. The summed E-state index contributed by atoms with van der Waals surface area (Å²) in [5.41, 5.74) is 0.477. The Morgan fingerprint density at radius 1 is 1.36 bits per heavy atom. The number of aromatic nitrogens is 5. The Morgan fingerprint density at radius 2 is 2.14 bits per heavy atom. The number of hydrogen-bond donors (Lipinski definition) is 1. The van der Waals surface area contributed by atoms with Crippen LogP contribution in [0.3, 0.4) is 0 Å². The van der Waals surface area contributed by atoms with Crippen molar-refractivity contribution in [1.82, 2.24) is 30.1 Å². The van der Waals surface area contributed by atoms with E-state index in [1.54, 1.807) is 23.9 Å². The molecule has 2 aliphatic rings. The summed E-state index contributed by atoms with van der Waals surface area (Å²) in [6, 6.07) is 1.29. The van der Waals surface area contributed by atoms with Gasteiger partial charge in [-0.25, -0.2) is 0 Å². The third-order valence-corrected chi connectivity index (χ3v) is 5.47. The highest BCUT2D eigenvalue weighted by molar-refractivity contribution is 6.36. The van der Waals surface area contributed by atoms with Crippen molar-refractivity contribution >= 4 is 17.5 Å². The Bertz CT molecular complexity index is 976. The van der Waals surface area contributed by atoms with E-state index in [-0.39, 0.29) is 18.4 Å². The van der Waals surface area contributed by atoms with Crippen LogP contribution in [0.25, 0.3) is 5.82 Å². The molecule has 0 unspecified atom stereocenters. The Labute approximate surface area is 162 Å². The van der Waals surface area contributed by atoms with Crippen molar-refractivity contribution in [2.24, 2.45) is 0 Å². The number of amides is 1. The molecule has 0 bridgehead atoms. The maximum atomic E-state index is 13.2. The molecule has 0 radical (unpaired) electrons. The third kappa shape index (κ3) is 3.01. The molecule has 1 amide bonds. The fraction of sp³-hybridized carbons (Fsp3) is 0.412. The Hall–Kier alpha value is -2.62. The number of allylic oxidation sites excluding steroid dienone is 2. The number of carbonyl (C=O) groups excluding carboxylic acids is 1. The quantitative estimate of drug-likeness (QED) is 0.821. The molecule has 4 rings (SSSR count). The minimum Gasteiger partial charge on any atom is -0.330 e. The molecule has 0 aromatic carbocycles. The van der Waals surface area contributed by atoms with Gasteiger partial charge in [-0.2, -0.15) is 23.0 Å². The molecule has 0 saturated heterocycles. The molecule has 0 fully saturated rings. The largest absolute Gasteiger partial charge is 0.414 e. The zero-order valence-electron chi connectivity index (χ0n) is 14.8. The second kappa shape index (κ2) is 6.77. The second-order valence-electron chi connectivity index (χ2n) is 6.65. The summed E-state index contributed by atoms with van der Waals surface area (Å²) in [4.78, 5) is 14.5. The molecule has 1 aliphatic carbocycles. The Balaban J connectivity index is 1.63. The van der Waals surface area contributed by atoms with Crippen molar-refractivity contribution in [3.05, 3.63) is 45.9 Å². The van der Waals surface area contributed by atoms with Crippen molar-refractivity contribution in [2.45, 2.75) is 38.4 Å². The van der Waals surface area contributed by atoms with Crippen LogP contribution in [0.2, 0.25) is 0 Å². The van der Waals surface area contributed by atoms with E-state index in [0.717, 1.165) is 5.69 Å². The molecule has 3 heterocycles. The van der Waals surface area contributed by atoms with E-state index >= 15 is 0 Å². The fourth-order valence-corrected chi connectivity index (χ4v) is 3.96. The zero-order valence-corrected chi connectivity index (χ0v) is 15.5. The van der Waals surface area contributed by atoms with E-state index in [9.17, 15) is 18.0 Å².